The van der Waals surface area contributed by atoms with Gasteiger partial charge in [-0.2, -0.15) is 0 Å². The van der Waals surface area contributed by atoms with E-state index in [9.17, 15) is 5.11 Å². The number of rotatable bonds is 6. The quantitative estimate of drug-likeness (QED) is 0.795. The molecule has 126 valence electrons. The summed E-state index contributed by atoms with van der Waals surface area (Å²) < 4.78 is 10.5. The van der Waals surface area contributed by atoms with Gasteiger partial charge in [-0.25, -0.2) is 0 Å². The maximum atomic E-state index is 10.3. The van der Waals surface area contributed by atoms with Crippen LogP contribution in [0.4, 0.5) is 0 Å². The zero-order valence-electron chi connectivity index (χ0n) is 14.5. The van der Waals surface area contributed by atoms with Crippen molar-refractivity contribution in [1.82, 2.24) is 4.98 Å². The molecule has 0 bridgehead atoms. The maximum absolute atomic E-state index is 10.3. The number of phenols is 1. The molecule has 4 heteroatoms. The highest BCUT2D eigenvalue weighted by Crippen LogP contribution is 2.31. The molecule has 0 aliphatic rings. The van der Waals surface area contributed by atoms with Crippen molar-refractivity contribution in [2.45, 2.75) is 20.3 Å². The highest BCUT2D eigenvalue weighted by atomic mass is 16.5. The predicted octanol–water partition coefficient (Wildman–Crippen LogP) is 4.48. The standard InChI is InChI=1S/C20H23NO3/c1-14(2)5-10-18-19(22)11-15(12-20(18)24-4)6-7-16-8-9-17(23-3)13-21-16/h5-9,11-13,22H,10H2,1-4H3. The summed E-state index contributed by atoms with van der Waals surface area (Å²) in [6.07, 6.45) is 8.14. The Morgan fingerprint density at radius 1 is 1.12 bits per heavy atom. The van der Waals surface area contributed by atoms with Gasteiger partial charge in [0.1, 0.15) is 17.2 Å². The first-order valence-electron chi connectivity index (χ1n) is 7.75. The lowest BCUT2D eigenvalue weighted by Gasteiger charge is -2.10. The molecule has 1 aromatic heterocycles. The number of pyridine rings is 1. The van der Waals surface area contributed by atoms with Crippen LogP contribution in [-0.2, 0) is 6.42 Å². The molecule has 2 aromatic rings. The van der Waals surface area contributed by atoms with Crippen molar-refractivity contribution >= 4 is 12.2 Å². The summed E-state index contributed by atoms with van der Waals surface area (Å²) in [7, 11) is 3.22. The van der Waals surface area contributed by atoms with E-state index in [0.29, 0.717) is 12.2 Å². The Hall–Kier alpha value is -2.75. The number of benzene rings is 1. The third-order valence-electron chi connectivity index (χ3n) is 3.58. The number of hydrogen-bond acceptors (Lipinski definition) is 4. The van der Waals surface area contributed by atoms with Crippen LogP contribution in [0.3, 0.4) is 0 Å². The van der Waals surface area contributed by atoms with E-state index in [1.54, 1.807) is 26.5 Å². The fraction of sp³-hybridized carbons (Fsp3) is 0.250. The van der Waals surface area contributed by atoms with Crippen molar-refractivity contribution in [2.24, 2.45) is 0 Å². The molecule has 1 heterocycles. The molecule has 0 radical (unpaired) electrons. The number of ether oxygens (including phenoxy) is 2. The molecule has 24 heavy (non-hydrogen) atoms. The highest BCUT2D eigenvalue weighted by molar-refractivity contribution is 5.70. The fourth-order valence-electron chi connectivity index (χ4n) is 2.23. The van der Waals surface area contributed by atoms with Gasteiger partial charge in [-0.3, -0.25) is 4.98 Å². The van der Waals surface area contributed by atoms with Crippen LogP contribution in [-0.4, -0.2) is 24.3 Å². The average Bonchev–Trinajstić information content (AvgIpc) is 2.58. The SMILES string of the molecule is COc1ccc(C=Cc2cc(O)c(CC=C(C)C)c(OC)c2)nc1. The van der Waals surface area contributed by atoms with Crippen LogP contribution in [0.25, 0.3) is 12.2 Å². The summed E-state index contributed by atoms with van der Waals surface area (Å²) >= 11 is 0. The summed E-state index contributed by atoms with van der Waals surface area (Å²) in [6.45, 7) is 4.06. The molecule has 0 saturated heterocycles. The maximum Gasteiger partial charge on any atom is 0.137 e. The molecule has 0 amide bonds. The number of allylic oxidation sites excluding steroid dienone is 2. The first-order chi connectivity index (χ1) is 11.5. The first-order valence-corrected chi connectivity index (χ1v) is 7.75. The Morgan fingerprint density at radius 2 is 1.92 bits per heavy atom. The van der Waals surface area contributed by atoms with Crippen molar-refractivity contribution in [3.63, 3.8) is 0 Å². The Labute approximate surface area is 143 Å². The molecule has 0 unspecified atom stereocenters. The van der Waals surface area contributed by atoms with Crippen LogP contribution in [0.15, 0.2) is 42.1 Å². The Bertz CT molecular complexity index is 742. The second kappa shape index (κ2) is 8.20. The molecule has 0 saturated carbocycles. The van der Waals surface area contributed by atoms with Crippen LogP contribution in [0.1, 0.15) is 30.7 Å². The minimum Gasteiger partial charge on any atom is -0.507 e. The zero-order valence-corrected chi connectivity index (χ0v) is 14.5. The molecular weight excluding hydrogens is 302 g/mol. The smallest absolute Gasteiger partial charge is 0.137 e. The highest BCUT2D eigenvalue weighted by Gasteiger charge is 2.09. The third kappa shape index (κ3) is 4.62. The topological polar surface area (TPSA) is 51.6 Å². The van der Waals surface area contributed by atoms with Gasteiger partial charge in [0, 0.05) is 5.56 Å². The summed E-state index contributed by atoms with van der Waals surface area (Å²) in [4.78, 5) is 4.28. The van der Waals surface area contributed by atoms with Gasteiger partial charge < -0.3 is 14.6 Å². The van der Waals surface area contributed by atoms with E-state index in [0.717, 1.165) is 22.6 Å². The number of nitrogens with zero attached hydrogens (tertiary/aromatic N) is 1. The molecule has 2 rings (SSSR count). The van der Waals surface area contributed by atoms with Crippen LogP contribution in [0.2, 0.25) is 0 Å². The normalized spacial score (nSPS) is 10.7. The summed E-state index contributed by atoms with van der Waals surface area (Å²) in [5.41, 5.74) is 3.65. The minimum absolute atomic E-state index is 0.231. The molecule has 0 aliphatic heterocycles. The van der Waals surface area contributed by atoms with Crippen LogP contribution in [0, 0.1) is 0 Å². The molecule has 0 aliphatic carbocycles. The summed E-state index contributed by atoms with van der Waals surface area (Å²) in [5.74, 6) is 1.62. The number of aromatic nitrogens is 1. The van der Waals surface area contributed by atoms with Crippen molar-refractivity contribution in [2.75, 3.05) is 14.2 Å². The van der Waals surface area contributed by atoms with E-state index in [1.807, 2.05) is 44.2 Å². The van der Waals surface area contributed by atoms with E-state index in [-0.39, 0.29) is 5.75 Å². The monoisotopic (exact) mass is 325 g/mol. The van der Waals surface area contributed by atoms with Crippen molar-refractivity contribution in [3.8, 4) is 17.2 Å². The predicted molar refractivity (Wildman–Crippen MR) is 97.5 cm³/mol. The van der Waals surface area contributed by atoms with Crippen LogP contribution < -0.4 is 9.47 Å². The van der Waals surface area contributed by atoms with Crippen molar-refractivity contribution in [3.05, 3.63) is 58.9 Å². The van der Waals surface area contributed by atoms with Gasteiger partial charge in [0.25, 0.3) is 0 Å². The van der Waals surface area contributed by atoms with E-state index >= 15 is 0 Å². The fourth-order valence-corrected chi connectivity index (χ4v) is 2.23. The zero-order chi connectivity index (χ0) is 17.5. The molecular formula is C20H23NO3. The molecule has 0 atom stereocenters. The average molecular weight is 325 g/mol. The number of aromatic hydroxyl groups is 1. The van der Waals surface area contributed by atoms with E-state index in [2.05, 4.69) is 11.1 Å². The summed E-state index contributed by atoms with van der Waals surface area (Å²) in [6, 6.07) is 7.37. The van der Waals surface area contributed by atoms with E-state index < -0.39 is 0 Å². The Morgan fingerprint density at radius 3 is 2.50 bits per heavy atom. The lowest BCUT2D eigenvalue weighted by Crippen LogP contribution is -1.93. The van der Waals surface area contributed by atoms with Gasteiger partial charge in [0.15, 0.2) is 0 Å². The molecule has 1 N–H and O–H groups in total. The van der Waals surface area contributed by atoms with Gasteiger partial charge in [0.05, 0.1) is 26.1 Å². The van der Waals surface area contributed by atoms with Gasteiger partial charge in [-0.1, -0.05) is 17.7 Å². The van der Waals surface area contributed by atoms with Crippen molar-refractivity contribution in [1.29, 1.82) is 0 Å². The number of phenolic OH excluding ortho intramolecular Hbond substituents is 1. The number of methoxy groups -OCH3 is 2. The minimum atomic E-state index is 0.231. The van der Waals surface area contributed by atoms with Gasteiger partial charge >= 0.3 is 0 Å². The second-order valence-corrected chi connectivity index (χ2v) is 5.66. The molecule has 0 fully saturated rings. The van der Waals surface area contributed by atoms with Gasteiger partial charge in [-0.15, -0.1) is 0 Å². The second-order valence-electron chi connectivity index (χ2n) is 5.66. The Balaban J connectivity index is 2.25. The largest absolute Gasteiger partial charge is 0.507 e. The third-order valence-corrected chi connectivity index (χ3v) is 3.58. The number of hydrogen-bond donors (Lipinski definition) is 1. The van der Waals surface area contributed by atoms with Crippen LogP contribution in [0.5, 0.6) is 17.2 Å². The summed E-state index contributed by atoms with van der Waals surface area (Å²) in [5, 5.41) is 10.3. The lowest BCUT2D eigenvalue weighted by molar-refractivity contribution is 0.401. The van der Waals surface area contributed by atoms with E-state index in [4.69, 9.17) is 9.47 Å². The van der Waals surface area contributed by atoms with E-state index in [1.165, 1.54) is 5.57 Å². The van der Waals surface area contributed by atoms with Crippen molar-refractivity contribution < 1.29 is 14.6 Å². The Kier molecular flexibility index (Phi) is 6.01. The molecule has 4 nitrogen and oxygen atoms in total. The first kappa shape index (κ1) is 17.6. The van der Waals surface area contributed by atoms with Gasteiger partial charge in [0.2, 0.25) is 0 Å². The van der Waals surface area contributed by atoms with Crippen LogP contribution >= 0.6 is 0 Å². The van der Waals surface area contributed by atoms with Gasteiger partial charge in [-0.05, 0) is 56.2 Å². The molecule has 1 aromatic carbocycles. The lowest BCUT2D eigenvalue weighted by atomic mass is 10.0. The molecule has 0 spiro atoms.